The van der Waals surface area contributed by atoms with E-state index < -0.39 is 13.0 Å². The number of carbonyl (C=O) groups excluding carboxylic acids is 1. The molecule has 4 rings (SSSR count). The van der Waals surface area contributed by atoms with Gasteiger partial charge in [-0.2, -0.15) is 5.10 Å². The van der Waals surface area contributed by atoms with Crippen LogP contribution in [0.3, 0.4) is 0 Å². The van der Waals surface area contributed by atoms with Gasteiger partial charge in [0.15, 0.2) is 0 Å². The maximum atomic E-state index is 13.0. The van der Waals surface area contributed by atoms with Crippen LogP contribution in [0.2, 0.25) is 0 Å². The van der Waals surface area contributed by atoms with Crippen LogP contribution in [-0.2, 0) is 11.2 Å². The zero-order chi connectivity index (χ0) is 19.7. The number of aromatic nitrogens is 1. The highest BCUT2D eigenvalue weighted by atomic mass is 16.2. The molecule has 28 heavy (non-hydrogen) atoms. The van der Waals surface area contributed by atoms with E-state index in [2.05, 4.69) is 10.1 Å². The van der Waals surface area contributed by atoms with E-state index in [9.17, 15) is 9.82 Å². The van der Waals surface area contributed by atoms with E-state index >= 15 is 0 Å². The average Bonchev–Trinajstić information content (AvgIpc) is 2.71. The minimum Gasteiger partial charge on any atom is -0.428 e. The molecule has 0 unspecified atom stereocenters. The fourth-order valence-electron chi connectivity index (χ4n) is 3.60. The van der Waals surface area contributed by atoms with Gasteiger partial charge in [0.05, 0.1) is 12.1 Å². The largest absolute Gasteiger partial charge is 0.466 e. The number of nitrogens with two attached hydrogens (primary N) is 1. The summed E-state index contributed by atoms with van der Waals surface area (Å²) in [4.78, 5) is 18.6. The van der Waals surface area contributed by atoms with Crippen LogP contribution < -0.4 is 11.2 Å². The topological polar surface area (TPSA) is 91.8 Å². The van der Waals surface area contributed by atoms with Crippen molar-refractivity contribution in [2.45, 2.75) is 12.3 Å². The lowest BCUT2D eigenvalue weighted by Gasteiger charge is -2.24. The van der Waals surface area contributed by atoms with Crippen LogP contribution in [0, 0.1) is 0 Å². The highest BCUT2D eigenvalue weighted by Crippen LogP contribution is 2.21. The summed E-state index contributed by atoms with van der Waals surface area (Å²) < 4.78 is 0. The lowest BCUT2D eigenvalue weighted by molar-refractivity contribution is -0.119. The molecule has 2 aromatic carbocycles. The molecule has 1 atom stereocenters. The summed E-state index contributed by atoms with van der Waals surface area (Å²) in [6.45, 7) is 0.231. The van der Waals surface area contributed by atoms with Crippen LogP contribution in [0.4, 0.5) is 0 Å². The second-order valence-electron chi connectivity index (χ2n) is 7.07. The maximum absolute atomic E-state index is 13.0. The summed E-state index contributed by atoms with van der Waals surface area (Å²) in [5.74, 6) is -0.329. The molecule has 1 aromatic heterocycles. The molecule has 0 saturated carbocycles. The third-order valence-electron chi connectivity index (χ3n) is 5.23. The molecule has 0 saturated heterocycles. The van der Waals surface area contributed by atoms with Gasteiger partial charge in [0.25, 0.3) is 0 Å². The van der Waals surface area contributed by atoms with Crippen LogP contribution >= 0.6 is 0 Å². The fourth-order valence-corrected chi connectivity index (χ4v) is 3.60. The summed E-state index contributed by atoms with van der Waals surface area (Å²) >= 11 is 0. The molecule has 0 aliphatic carbocycles. The Hall–Kier alpha value is -3.03. The molecule has 3 aromatic rings. The predicted octanol–water partition coefficient (Wildman–Crippen LogP) is 1.06. The van der Waals surface area contributed by atoms with E-state index in [0.29, 0.717) is 6.42 Å². The number of rotatable bonds is 5. The van der Waals surface area contributed by atoms with Crippen LogP contribution in [0.15, 0.2) is 60.0 Å². The summed E-state index contributed by atoms with van der Waals surface area (Å²) in [6, 6.07) is 13.5. The Morgan fingerprint density at radius 2 is 2.07 bits per heavy atom. The smallest absolute Gasteiger partial charge is 0.428 e. The molecular formula is C21H21BN4O2. The molecule has 0 amide bonds. The number of hydrogen-bond acceptors (Lipinski definition) is 6. The number of hydrazone groups is 1. The minimum absolute atomic E-state index is 0.0706. The monoisotopic (exact) mass is 372 g/mol. The van der Waals surface area contributed by atoms with Crippen LogP contribution in [0.25, 0.3) is 10.8 Å². The number of nitrogens with zero attached hydrogens (tertiary/aromatic N) is 3. The van der Waals surface area contributed by atoms with E-state index in [4.69, 9.17) is 5.73 Å². The van der Waals surface area contributed by atoms with Gasteiger partial charge < -0.3 is 15.7 Å². The van der Waals surface area contributed by atoms with Gasteiger partial charge in [-0.1, -0.05) is 30.3 Å². The Labute approximate surface area is 163 Å². The van der Waals surface area contributed by atoms with Gasteiger partial charge in [0.1, 0.15) is 5.78 Å². The Kier molecular flexibility index (Phi) is 4.94. The van der Waals surface area contributed by atoms with Crippen molar-refractivity contribution in [2.24, 2.45) is 10.8 Å². The summed E-state index contributed by atoms with van der Waals surface area (Å²) in [5, 5.41) is 16.5. The Balaban J connectivity index is 1.58. The highest BCUT2D eigenvalue weighted by molar-refractivity contribution is 6.65. The van der Waals surface area contributed by atoms with E-state index in [-0.39, 0.29) is 12.3 Å². The van der Waals surface area contributed by atoms with Crippen molar-refractivity contribution < 1.29 is 9.82 Å². The molecule has 2 heterocycles. The highest BCUT2D eigenvalue weighted by Gasteiger charge is 2.28. The van der Waals surface area contributed by atoms with Gasteiger partial charge in [-0.25, -0.2) is 0 Å². The second-order valence-corrected chi connectivity index (χ2v) is 7.07. The van der Waals surface area contributed by atoms with Crippen molar-refractivity contribution in [1.29, 1.82) is 0 Å². The Morgan fingerprint density at radius 3 is 2.89 bits per heavy atom. The Bertz CT molecular complexity index is 1070. The molecule has 6 nitrogen and oxygen atoms in total. The zero-order valence-electron chi connectivity index (χ0n) is 15.6. The number of pyridine rings is 1. The molecule has 3 N–H and O–H groups in total. The van der Waals surface area contributed by atoms with Crippen LogP contribution in [0.1, 0.15) is 22.6 Å². The maximum Gasteiger partial charge on any atom is 0.466 e. The minimum atomic E-state index is -0.784. The summed E-state index contributed by atoms with van der Waals surface area (Å²) in [7, 11) is 0.928. The summed E-state index contributed by atoms with van der Waals surface area (Å²) in [6.07, 6.45) is 5.57. The molecule has 0 spiro atoms. The van der Waals surface area contributed by atoms with Gasteiger partial charge in [-0.3, -0.25) is 9.78 Å². The van der Waals surface area contributed by atoms with Crippen molar-refractivity contribution in [2.75, 3.05) is 13.6 Å². The molecule has 1 aliphatic heterocycles. The molecule has 0 radical (unpaired) electrons. The first-order chi connectivity index (χ1) is 13.6. The standard InChI is InChI=1S/C21H21BN4O2/c1-26-22(28)20-5-4-16(10-18(20)13-25-26)19(11-23)21(27)9-14-2-3-17-12-24-7-6-15(17)8-14/h2-8,10,12-13,19,28H,9,11,23H2,1H3/t19-/m1/s1. The molecule has 7 heteroatoms. The molecule has 1 aliphatic rings. The van der Waals surface area contributed by atoms with Crippen molar-refractivity contribution >= 4 is 35.3 Å². The summed E-state index contributed by atoms with van der Waals surface area (Å²) in [5.41, 5.74) is 9.34. The second kappa shape index (κ2) is 7.54. The van der Waals surface area contributed by atoms with Crippen LogP contribution in [0.5, 0.6) is 0 Å². The van der Waals surface area contributed by atoms with E-state index in [1.807, 2.05) is 48.7 Å². The third kappa shape index (κ3) is 3.42. The number of carbonyl (C=O) groups is 1. The lowest BCUT2D eigenvalue weighted by Crippen LogP contribution is -2.48. The van der Waals surface area contributed by atoms with Gasteiger partial charge in [-0.15, -0.1) is 0 Å². The molecule has 0 bridgehead atoms. The third-order valence-corrected chi connectivity index (χ3v) is 5.23. The van der Waals surface area contributed by atoms with Gasteiger partial charge in [0.2, 0.25) is 0 Å². The van der Waals surface area contributed by atoms with E-state index in [1.54, 1.807) is 19.5 Å². The fraction of sp³-hybridized carbons (Fsp3) is 0.190. The van der Waals surface area contributed by atoms with E-state index in [0.717, 1.165) is 32.9 Å². The first-order valence-corrected chi connectivity index (χ1v) is 9.21. The van der Waals surface area contributed by atoms with Gasteiger partial charge >= 0.3 is 7.05 Å². The van der Waals surface area contributed by atoms with Crippen LogP contribution in [-0.4, -0.2) is 47.6 Å². The Morgan fingerprint density at radius 1 is 1.21 bits per heavy atom. The molecular weight excluding hydrogens is 351 g/mol. The normalized spacial score (nSPS) is 14.2. The van der Waals surface area contributed by atoms with Crippen molar-refractivity contribution in [3.63, 3.8) is 0 Å². The average molecular weight is 372 g/mol. The van der Waals surface area contributed by atoms with Gasteiger partial charge in [0, 0.05) is 37.8 Å². The predicted molar refractivity (Wildman–Crippen MR) is 112 cm³/mol. The lowest BCUT2D eigenvalue weighted by atomic mass is 9.69. The van der Waals surface area contributed by atoms with Crippen molar-refractivity contribution in [3.8, 4) is 0 Å². The zero-order valence-corrected chi connectivity index (χ0v) is 15.6. The number of ketones is 1. The van der Waals surface area contributed by atoms with Gasteiger partial charge in [-0.05, 0) is 39.7 Å². The number of fused-ring (bicyclic) bond motifs is 2. The first-order valence-electron chi connectivity index (χ1n) is 9.21. The number of benzene rings is 2. The van der Waals surface area contributed by atoms with E-state index in [1.165, 1.54) is 4.92 Å². The first kappa shape index (κ1) is 18.3. The van der Waals surface area contributed by atoms with Crippen molar-refractivity contribution in [1.82, 2.24) is 9.90 Å². The molecule has 0 fully saturated rings. The quantitative estimate of drug-likeness (QED) is 0.654. The number of Topliss-reactive ketones (excluding diaryl/α,β-unsaturated/α-hetero) is 1. The van der Waals surface area contributed by atoms with Crippen molar-refractivity contribution in [3.05, 3.63) is 71.5 Å². The SMILES string of the molecule is CN1N=Cc2cc([C@@H](CN)C(=O)Cc3ccc4cnccc4c3)ccc2B1O. The molecule has 140 valence electrons. The number of hydrogen-bond donors (Lipinski definition) is 2.